The minimum absolute atomic E-state index is 0.166. The summed E-state index contributed by atoms with van der Waals surface area (Å²) in [5, 5.41) is 3.43. The largest absolute Gasteiger partial charge is 0.468 e. The Hall–Kier alpha value is -1.35. The summed E-state index contributed by atoms with van der Waals surface area (Å²) in [5.41, 5.74) is 3.00. The maximum Gasteiger partial charge on any atom is 0.319 e. The van der Waals surface area contributed by atoms with Gasteiger partial charge in [-0.15, -0.1) is 0 Å². The first-order chi connectivity index (χ1) is 9.28. The van der Waals surface area contributed by atoms with Gasteiger partial charge in [-0.1, -0.05) is 24.3 Å². The van der Waals surface area contributed by atoms with Crippen molar-refractivity contribution in [2.45, 2.75) is 31.7 Å². The van der Waals surface area contributed by atoms with Gasteiger partial charge in [-0.05, 0) is 48.6 Å². The molecule has 2 atom stereocenters. The molecular weight excluding hydrogens is 238 g/mol. The normalized spacial score (nSPS) is 28.6. The fraction of sp³-hybridized carbons (Fsp3) is 0.562. The van der Waals surface area contributed by atoms with Gasteiger partial charge in [0, 0.05) is 6.04 Å². The molecule has 0 heterocycles. The number of hydrogen-bond acceptors (Lipinski definition) is 3. The standard InChI is InChI=1S/C16H21NO2/c1-19-15(18)10-17-16-13-6-7-14(16)9-12-5-3-2-4-11(12)8-13/h2-5,13-14,16-17H,6-10H2,1H3. The molecule has 0 aliphatic heterocycles. The van der Waals surface area contributed by atoms with Crippen LogP contribution in [0.2, 0.25) is 0 Å². The van der Waals surface area contributed by atoms with Gasteiger partial charge in [0.05, 0.1) is 13.7 Å². The Kier molecular flexibility index (Phi) is 3.56. The Balaban J connectivity index is 1.74. The highest BCUT2D eigenvalue weighted by molar-refractivity contribution is 5.71. The molecule has 1 fully saturated rings. The van der Waals surface area contributed by atoms with Crippen LogP contribution in [-0.2, 0) is 22.4 Å². The summed E-state index contributed by atoms with van der Waals surface area (Å²) in [7, 11) is 1.45. The molecule has 3 heteroatoms. The van der Waals surface area contributed by atoms with Crippen LogP contribution in [-0.4, -0.2) is 25.7 Å². The minimum Gasteiger partial charge on any atom is -0.468 e. The summed E-state index contributed by atoms with van der Waals surface area (Å²) in [6.45, 7) is 0.338. The van der Waals surface area contributed by atoms with Crippen molar-refractivity contribution in [2.24, 2.45) is 11.8 Å². The number of nitrogens with one attached hydrogen (secondary N) is 1. The molecule has 0 aromatic heterocycles. The third-order valence-corrected chi connectivity index (χ3v) is 4.72. The molecule has 3 rings (SSSR count). The molecule has 0 amide bonds. The fourth-order valence-corrected chi connectivity index (χ4v) is 3.76. The van der Waals surface area contributed by atoms with Gasteiger partial charge in [0.15, 0.2) is 0 Å². The first-order valence-corrected chi connectivity index (χ1v) is 7.15. The highest BCUT2D eigenvalue weighted by Gasteiger charge is 2.38. The highest BCUT2D eigenvalue weighted by atomic mass is 16.5. The molecule has 2 aliphatic rings. The number of esters is 1. The second kappa shape index (κ2) is 5.33. The van der Waals surface area contributed by atoms with Crippen molar-refractivity contribution in [1.29, 1.82) is 0 Å². The summed E-state index contributed by atoms with van der Waals surface area (Å²) in [6, 6.07) is 9.25. The van der Waals surface area contributed by atoms with Gasteiger partial charge in [0.1, 0.15) is 0 Å². The zero-order chi connectivity index (χ0) is 13.2. The van der Waals surface area contributed by atoms with Crippen LogP contribution in [0, 0.1) is 11.8 Å². The number of carbonyl (C=O) groups is 1. The monoisotopic (exact) mass is 259 g/mol. The summed E-state index contributed by atoms with van der Waals surface area (Å²) < 4.78 is 4.72. The van der Waals surface area contributed by atoms with Crippen LogP contribution in [0.3, 0.4) is 0 Å². The van der Waals surface area contributed by atoms with Gasteiger partial charge >= 0.3 is 5.97 Å². The Labute approximate surface area is 114 Å². The molecular formula is C16H21NO2. The van der Waals surface area contributed by atoms with Crippen LogP contribution in [0.25, 0.3) is 0 Å². The van der Waals surface area contributed by atoms with Crippen LogP contribution in [0.15, 0.2) is 24.3 Å². The molecule has 2 unspecified atom stereocenters. The van der Waals surface area contributed by atoms with E-state index in [1.807, 2.05) is 0 Å². The third kappa shape index (κ3) is 2.52. The van der Waals surface area contributed by atoms with Crippen molar-refractivity contribution in [2.75, 3.05) is 13.7 Å². The quantitative estimate of drug-likeness (QED) is 0.843. The van der Waals surface area contributed by atoms with Gasteiger partial charge in [-0.25, -0.2) is 0 Å². The molecule has 2 bridgehead atoms. The minimum atomic E-state index is -0.166. The van der Waals surface area contributed by atoms with E-state index in [4.69, 9.17) is 4.74 Å². The molecule has 2 aliphatic carbocycles. The second-order valence-electron chi connectivity index (χ2n) is 5.76. The van der Waals surface area contributed by atoms with Crippen LogP contribution < -0.4 is 5.32 Å². The van der Waals surface area contributed by atoms with E-state index in [1.165, 1.54) is 31.1 Å². The van der Waals surface area contributed by atoms with Gasteiger partial charge in [-0.3, -0.25) is 4.79 Å². The molecule has 1 aromatic rings. The molecule has 0 spiro atoms. The van der Waals surface area contributed by atoms with Crippen LogP contribution in [0.5, 0.6) is 0 Å². The lowest BCUT2D eigenvalue weighted by Gasteiger charge is -2.23. The van der Waals surface area contributed by atoms with E-state index in [1.54, 1.807) is 0 Å². The maximum atomic E-state index is 11.3. The average molecular weight is 259 g/mol. The summed E-state index contributed by atoms with van der Waals surface area (Å²) in [6.07, 6.45) is 4.84. The molecule has 0 saturated heterocycles. The molecule has 19 heavy (non-hydrogen) atoms. The SMILES string of the molecule is COC(=O)CNC1C2CCC1Cc1ccccc1C2. The molecule has 3 nitrogen and oxygen atoms in total. The van der Waals surface area contributed by atoms with E-state index < -0.39 is 0 Å². The predicted molar refractivity (Wildman–Crippen MR) is 73.9 cm³/mol. The van der Waals surface area contributed by atoms with Crippen molar-refractivity contribution in [3.8, 4) is 0 Å². The summed E-state index contributed by atoms with van der Waals surface area (Å²) in [4.78, 5) is 11.3. The average Bonchev–Trinajstić information content (AvgIpc) is 2.70. The topological polar surface area (TPSA) is 38.3 Å². The van der Waals surface area contributed by atoms with Gasteiger partial charge in [-0.2, -0.15) is 0 Å². The van der Waals surface area contributed by atoms with Crippen LogP contribution in [0.1, 0.15) is 24.0 Å². The molecule has 1 aromatic carbocycles. The van der Waals surface area contributed by atoms with Crippen molar-refractivity contribution >= 4 is 5.97 Å². The van der Waals surface area contributed by atoms with E-state index in [0.717, 1.165) is 12.8 Å². The number of benzene rings is 1. The van der Waals surface area contributed by atoms with Crippen LogP contribution >= 0.6 is 0 Å². The predicted octanol–water partition coefficient (Wildman–Crippen LogP) is 1.94. The smallest absolute Gasteiger partial charge is 0.319 e. The number of rotatable bonds is 3. The Morgan fingerprint density at radius 2 is 1.79 bits per heavy atom. The van der Waals surface area contributed by atoms with E-state index >= 15 is 0 Å². The van der Waals surface area contributed by atoms with Gasteiger partial charge in [0.2, 0.25) is 0 Å². The summed E-state index contributed by atoms with van der Waals surface area (Å²) in [5.74, 6) is 1.16. The Morgan fingerprint density at radius 3 is 2.32 bits per heavy atom. The first-order valence-electron chi connectivity index (χ1n) is 7.15. The van der Waals surface area contributed by atoms with E-state index in [-0.39, 0.29) is 5.97 Å². The van der Waals surface area contributed by atoms with E-state index in [9.17, 15) is 4.79 Å². The number of carbonyl (C=O) groups excluding carboxylic acids is 1. The number of fused-ring (bicyclic) bond motifs is 3. The van der Waals surface area contributed by atoms with Crippen LogP contribution in [0.4, 0.5) is 0 Å². The van der Waals surface area contributed by atoms with E-state index in [0.29, 0.717) is 24.4 Å². The van der Waals surface area contributed by atoms with Gasteiger partial charge in [0.25, 0.3) is 0 Å². The maximum absolute atomic E-state index is 11.3. The van der Waals surface area contributed by atoms with E-state index in [2.05, 4.69) is 29.6 Å². The lowest BCUT2D eigenvalue weighted by molar-refractivity contribution is -0.139. The summed E-state index contributed by atoms with van der Waals surface area (Å²) >= 11 is 0. The molecule has 0 radical (unpaired) electrons. The highest BCUT2D eigenvalue weighted by Crippen LogP contribution is 2.39. The number of hydrogen-bond donors (Lipinski definition) is 1. The fourth-order valence-electron chi connectivity index (χ4n) is 3.76. The lowest BCUT2D eigenvalue weighted by Crippen LogP contribution is -2.41. The van der Waals surface area contributed by atoms with Crippen molar-refractivity contribution in [3.05, 3.63) is 35.4 Å². The zero-order valence-electron chi connectivity index (χ0n) is 11.4. The van der Waals surface area contributed by atoms with Crippen molar-refractivity contribution in [3.63, 3.8) is 0 Å². The number of methoxy groups -OCH3 is 1. The second-order valence-corrected chi connectivity index (χ2v) is 5.76. The van der Waals surface area contributed by atoms with Crippen molar-refractivity contribution in [1.82, 2.24) is 5.32 Å². The molecule has 102 valence electrons. The Morgan fingerprint density at radius 1 is 1.21 bits per heavy atom. The third-order valence-electron chi connectivity index (χ3n) is 4.72. The molecule has 1 saturated carbocycles. The van der Waals surface area contributed by atoms with Gasteiger partial charge < -0.3 is 10.1 Å². The molecule has 1 N–H and O–H groups in total. The number of ether oxygens (including phenoxy) is 1. The zero-order valence-corrected chi connectivity index (χ0v) is 11.4. The lowest BCUT2D eigenvalue weighted by atomic mass is 9.94. The van der Waals surface area contributed by atoms with Crippen molar-refractivity contribution < 1.29 is 9.53 Å². The Bertz CT molecular complexity index is 439. The first kappa shape index (κ1) is 12.7.